The molecule has 1 aromatic rings. The van der Waals surface area contributed by atoms with Gasteiger partial charge in [-0.2, -0.15) is 5.10 Å². The first-order valence-corrected chi connectivity index (χ1v) is 8.33. The number of hydrogen-bond donors (Lipinski definition) is 0. The van der Waals surface area contributed by atoms with E-state index in [1.807, 2.05) is 27.7 Å². The van der Waals surface area contributed by atoms with Crippen LogP contribution in [0.5, 0.6) is 0 Å². The number of aromatic nitrogens is 2. The van der Waals surface area contributed by atoms with Gasteiger partial charge in [0.2, 0.25) is 0 Å². The van der Waals surface area contributed by atoms with Crippen LogP contribution in [-0.2, 0) is 24.2 Å². The van der Waals surface area contributed by atoms with E-state index in [-0.39, 0.29) is 6.09 Å². The van der Waals surface area contributed by atoms with Crippen LogP contribution < -0.4 is 0 Å². The summed E-state index contributed by atoms with van der Waals surface area (Å²) in [4.78, 5) is 25.4. The minimum absolute atomic E-state index is 0.355. The standard InChI is InChI=1S/C18H25N3O3/c1-5-6-7-8-10-21-16(13-22)14-12-20(11-9-15(14)19-21)17(23)24-18(2,3)4/h13H,5,8-12H2,1-4H3. The van der Waals surface area contributed by atoms with Crippen molar-refractivity contribution in [3.63, 3.8) is 0 Å². The monoisotopic (exact) mass is 331 g/mol. The average molecular weight is 331 g/mol. The molecule has 0 bridgehead atoms. The Kier molecular flexibility index (Phi) is 5.66. The third-order valence-corrected chi connectivity index (χ3v) is 3.66. The molecular formula is C18H25N3O3. The van der Waals surface area contributed by atoms with Crippen LogP contribution in [0.2, 0.25) is 0 Å². The number of carbonyl (C=O) groups is 2. The first-order chi connectivity index (χ1) is 11.4. The van der Waals surface area contributed by atoms with Gasteiger partial charge >= 0.3 is 6.09 Å². The Bertz CT molecular complexity index is 674. The molecular weight excluding hydrogens is 306 g/mol. The predicted octanol–water partition coefficient (Wildman–Crippen LogP) is 2.79. The highest BCUT2D eigenvalue weighted by atomic mass is 16.6. The Hall–Kier alpha value is -2.29. The molecule has 0 radical (unpaired) electrons. The van der Waals surface area contributed by atoms with Gasteiger partial charge in [-0.15, -0.1) is 11.8 Å². The van der Waals surface area contributed by atoms with Crippen molar-refractivity contribution in [3.05, 3.63) is 17.0 Å². The number of aryl methyl sites for hydroxylation is 1. The predicted molar refractivity (Wildman–Crippen MR) is 90.6 cm³/mol. The summed E-state index contributed by atoms with van der Waals surface area (Å²) in [6, 6.07) is 0. The third-order valence-electron chi connectivity index (χ3n) is 3.66. The number of hydrogen-bond acceptors (Lipinski definition) is 4. The topological polar surface area (TPSA) is 64.4 Å². The van der Waals surface area contributed by atoms with Gasteiger partial charge in [0, 0.05) is 31.4 Å². The summed E-state index contributed by atoms with van der Waals surface area (Å²) in [5.74, 6) is 6.07. The van der Waals surface area contributed by atoms with Gasteiger partial charge in [0.1, 0.15) is 11.3 Å². The number of aldehydes is 1. The van der Waals surface area contributed by atoms with Crippen molar-refractivity contribution in [2.45, 2.75) is 65.6 Å². The lowest BCUT2D eigenvalue weighted by Gasteiger charge is -2.29. The molecule has 0 fully saturated rings. The van der Waals surface area contributed by atoms with Gasteiger partial charge in [-0.05, 0) is 20.8 Å². The normalized spacial score (nSPS) is 13.8. The maximum absolute atomic E-state index is 12.2. The van der Waals surface area contributed by atoms with Crippen molar-refractivity contribution in [2.75, 3.05) is 6.54 Å². The van der Waals surface area contributed by atoms with Gasteiger partial charge in [0.05, 0.1) is 18.8 Å². The second kappa shape index (κ2) is 7.52. The Balaban J connectivity index is 2.14. The van der Waals surface area contributed by atoms with Crippen LogP contribution in [0.15, 0.2) is 0 Å². The SMILES string of the molecule is CCC#CCCn1nc2c(c1C=O)CN(C(=O)OC(C)(C)C)CC2. The molecule has 2 heterocycles. The van der Waals surface area contributed by atoms with E-state index in [4.69, 9.17) is 4.74 Å². The molecule has 2 rings (SSSR count). The zero-order valence-corrected chi connectivity index (χ0v) is 14.9. The average Bonchev–Trinajstić information content (AvgIpc) is 2.86. The molecule has 1 aliphatic rings. The van der Waals surface area contributed by atoms with Gasteiger partial charge in [0.25, 0.3) is 0 Å². The zero-order valence-electron chi connectivity index (χ0n) is 14.9. The van der Waals surface area contributed by atoms with Gasteiger partial charge in [-0.3, -0.25) is 9.48 Å². The fourth-order valence-corrected chi connectivity index (χ4v) is 2.61. The highest BCUT2D eigenvalue weighted by Crippen LogP contribution is 2.23. The number of amides is 1. The van der Waals surface area contributed by atoms with Crippen LogP contribution in [-0.4, -0.2) is 39.2 Å². The quantitative estimate of drug-likeness (QED) is 0.631. The van der Waals surface area contributed by atoms with Gasteiger partial charge in [-0.25, -0.2) is 4.79 Å². The van der Waals surface area contributed by atoms with E-state index in [1.54, 1.807) is 9.58 Å². The minimum atomic E-state index is -0.535. The molecule has 0 aromatic carbocycles. The Morgan fingerprint density at radius 1 is 1.38 bits per heavy atom. The van der Waals surface area contributed by atoms with Crippen molar-refractivity contribution >= 4 is 12.4 Å². The number of carbonyl (C=O) groups excluding carboxylic acids is 2. The number of ether oxygens (including phenoxy) is 1. The second-order valence-electron chi connectivity index (χ2n) is 6.76. The van der Waals surface area contributed by atoms with Gasteiger partial charge < -0.3 is 9.64 Å². The lowest BCUT2D eigenvalue weighted by molar-refractivity contribution is 0.0223. The largest absolute Gasteiger partial charge is 0.444 e. The fraction of sp³-hybridized carbons (Fsp3) is 0.611. The molecule has 0 aliphatic carbocycles. The summed E-state index contributed by atoms with van der Waals surface area (Å²) in [6.45, 7) is 9.01. The Morgan fingerprint density at radius 3 is 2.75 bits per heavy atom. The molecule has 0 saturated carbocycles. The van der Waals surface area contributed by atoms with Crippen molar-refractivity contribution in [1.29, 1.82) is 0 Å². The highest BCUT2D eigenvalue weighted by molar-refractivity contribution is 5.76. The number of nitrogens with zero attached hydrogens (tertiary/aromatic N) is 3. The fourth-order valence-electron chi connectivity index (χ4n) is 2.61. The molecule has 130 valence electrons. The van der Waals surface area contributed by atoms with Crippen LogP contribution in [0.1, 0.15) is 62.3 Å². The Labute approximate surface area is 143 Å². The van der Waals surface area contributed by atoms with Gasteiger partial charge in [0.15, 0.2) is 6.29 Å². The van der Waals surface area contributed by atoms with E-state index in [9.17, 15) is 9.59 Å². The molecule has 6 heteroatoms. The molecule has 0 unspecified atom stereocenters. The first kappa shape index (κ1) is 18.1. The molecule has 0 saturated heterocycles. The second-order valence-corrected chi connectivity index (χ2v) is 6.76. The molecule has 24 heavy (non-hydrogen) atoms. The summed E-state index contributed by atoms with van der Waals surface area (Å²) in [5, 5.41) is 4.53. The summed E-state index contributed by atoms with van der Waals surface area (Å²) in [7, 11) is 0. The molecule has 0 N–H and O–H groups in total. The molecule has 1 aliphatic heterocycles. The number of rotatable bonds is 3. The van der Waals surface area contributed by atoms with Gasteiger partial charge in [-0.1, -0.05) is 6.92 Å². The van der Waals surface area contributed by atoms with Crippen molar-refractivity contribution in [3.8, 4) is 11.8 Å². The van der Waals surface area contributed by atoms with Crippen LogP contribution in [0.3, 0.4) is 0 Å². The van der Waals surface area contributed by atoms with E-state index >= 15 is 0 Å². The Morgan fingerprint density at radius 2 is 2.12 bits per heavy atom. The van der Waals surface area contributed by atoms with Crippen LogP contribution in [0.4, 0.5) is 4.79 Å². The maximum Gasteiger partial charge on any atom is 0.410 e. The zero-order chi connectivity index (χ0) is 17.7. The number of fused-ring (bicyclic) bond motifs is 1. The van der Waals surface area contributed by atoms with E-state index in [2.05, 4.69) is 16.9 Å². The van der Waals surface area contributed by atoms with E-state index in [1.165, 1.54) is 0 Å². The molecule has 6 nitrogen and oxygen atoms in total. The summed E-state index contributed by atoms with van der Waals surface area (Å²) in [6.07, 6.45) is 2.57. The maximum atomic E-state index is 12.2. The summed E-state index contributed by atoms with van der Waals surface area (Å²) < 4.78 is 7.13. The van der Waals surface area contributed by atoms with Crippen molar-refractivity contribution in [2.24, 2.45) is 0 Å². The minimum Gasteiger partial charge on any atom is -0.444 e. The summed E-state index contributed by atoms with van der Waals surface area (Å²) >= 11 is 0. The van der Waals surface area contributed by atoms with Crippen molar-refractivity contribution < 1.29 is 14.3 Å². The molecule has 1 amide bonds. The van der Waals surface area contributed by atoms with Crippen LogP contribution >= 0.6 is 0 Å². The first-order valence-electron chi connectivity index (χ1n) is 8.33. The molecule has 0 atom stereocenters. The lowest BCUT2D eigenvalue weighted by atomic mass is 10.1. The van der Waals surface area contributed by atoms with E-state index in [0.717, 1.165) is 24.0 Å². The lowest BCUT2D eigenvalue weighted by Crippen LogP contribution is -2.40. The van der Waals surface area contributed by atoms with E-state index in [0.29, 0.717) is 38.2 Å². The van der Waals surface area contributed by atoms with Crippen LogP contribution in [0, 0.1) is 11.8 Å². The van der Waals surface area contributed by atoms with E-state index < -0.39 is 5.60 Å². The summed E-state index contributed by atoms with van der Waals surface area (Å²) in [5.41, 5.74) is 1.72. The van der Waals surface area contributed by atoms with Crippen molar-refractivity contribution in [1.82, 2.24) is 14.7 Å². The molecule has 0 spiro atoms. The van der Waals surface area contributed by atoms with Crippen LogP contribution in [0.25, 0.3) is 0 Å². The smallest absolute Gasteiger partial charge is 0.410 e. The molecule has 1 aromatic heterocycles. The third kappa shape index (κ3) is 4.38. The highest BCUT2D eigenvalue weighted by Gasteiger charge is 2.29.